The molecule has 1 saturated carbocycles. The third-order valence-electron chi connectivity index (χ3n) is 6.01. The summed E-state index contributed by atoms with van der Waals surface area (Å²) >= 11 is 0. The lowest BCUT2D eigenvalue weighted by molar-refractivity contribution is -0.265. The van der Waals surface area contributed by atoms with E-state index in [4.69, 9.17) is 9.47 Å². The number of morpholine rings is 1. The molecule has 1 aromatic carbocycles. The maximum atomic E-state index is 13.6. The summed E-state index contributed by atoms with van der Waals surface area (Å²) < 4.78 is 38.9. The van der Waals surface area contributed by atoms with Gasteiger partial charge in [0.1, 0.15) is 0 Å². The van der Waals surface area contributed by atoms with Crippen LogP contribution in [0.3, 0.4) is 0 Å². The third-order valence-corrected chi connectivity index (χ3v) is 6.01. The van der Waals surface area contributed by atoms with E-state index in [2.05, 4.69) is 4.90 Å². The second kappa shape index (κ2) is 8.43. The number of hydrogen-bond donors (Lipinski definition) is 0. The van der Waals surface area contributed by atoms with E-state index in [1.54, 1.807) is 6.07 Å². The Hall–Kier alpha value is -1.57. The lowest BCUT2D eigenvalue weighted by Crippen LogP contribution is -2.59. The Labute approximate surface area is 164 Å². The molecule has 3 fully saturated rings. The van der Waals surface area contributed by atoms with Crippen molar-refractivity contribution < 1.29 is 23.0 Å². The second-order valence-electron chi connectivity index (χ2n) is 8.16. The minimum atomic E-state index is -0.846. The first kappa shape index (κ1) is 19.7. The maximum Gasteiger partial charge on any atom is 0.225 e. The van der Waals surface area contributed by atoms with Crippen molar-refractivity contribution in [2.75, 3.05) is 39.4 Å². The van der Waals surface area contributed by atoms with Gasteiger partial charge in [-0.2, -0.15) is 0 Å². The molecule has 1 aromatic rings. The first-order chi connectivity index (χ1) is 13.5. The van der Waals surface area contributed by atoms with Gasteiger partial charge in [0.2, 0.25) is 5.91 Å². The largest absolute Gasteiger partial charge is 0.347 e. The van der Waals surface area contributed by atoms with Crippen molar-refractivity contribution in [3.63, 3.8) is 0 Å². The molecular formula is C21H28F2N2O3. The van der Waals surface area contributed by atoms with Crippen molar-refractivity contribution in [1.29, 1.82) is 0 Å². The van der Waals surface area contributed by atoms with Gasteiger partial charge in [-0.05, 0) is 37.0 Å². The Morgan fingerprint density at radius 2 is 1.82 bits per heavy atom. The van der Waals surface area contributed by atoms with Gasteiger partial charge in [-0.15, -0.1) is 0 Å². The Morgan fingerprint density at radius 3 is 2.61 bits per heavy atom. The normalized spacial score (nSPS) is 27.3. The average Bonchev–Trinajstić information content (AvgIpc) is 3.16. The van der Waals surface area contributed by atoms with E-state index in [-0.39, 0.29) is 11.8 Å². The fourth-order valence-corrected chi connectivity index (χ4v) is 4.60. The highest BCUT2D eigenvalue weighted by Crippen LogP contribution is 2.30. The molecule has 2 saturated heterocycles. The smallest absolute Gasteiger partial charge is 0.225 e. The lowest BCUT2D eigenvalue weighted by Gasteiger charge is -2.43. The summed E-state index contributed by atoms with van der Waals surface area (Å²) in [7, 11) is 0. The van der Waals surface area contributed by atoms with Gasteiger partial charge >= 0.3 is 0 Å². The van der Waals surface area contributed by atoms with Crippen molar-refractivity contribution in [2.24, 2.45) is 5.92 Å². The summed E-state index contributed by atoms with van der Waals surface area (Å²) in [5, 5.41) is 0. The summed E-state index contributed by atoms with van der Waals surface area (Å²) in [5.41, 5.74) is 0.714. The van der Waals surface area contributed by atoms with Crippen LogP contribution < -0.4 is 0 Å². The van der Waals surface area contributed by atoms with Crippen molar-refractivity contribution in [2.45, 2.75) is 44.4 Å². The molecule has 1 atom stereocenters. The Bertz CT molecular complexity index is 711. The highest BCUT2D eigenvalue weighted by molar-refractivity contribution is 5.79. The molecule has 3 aliphatic rings. The zero-order valence-electron chi connectivity index (χ0n) is 16.2. The lowest BCUT2D eigenvalue weighted by atomic mass is 10.1. The molecule has 1 unspecified atom stereocenters. The molecule has 4 rings (SSSR count). The minimum Gasteiger partial charge on any atom is -0.347 e. The van der Waals surface area contributed by atoms with Crippen LogP contribution in [-0.4, -0.2) is 60.9 Å². The Morgan fingerprint density at radius 1 is 1.04 bits per heavy atom. The van der Waals surface area contributed by atoms with Crippen LogP contribution in [0.15, 0.2) is 18.2 Å². The van der Waals surface area contributed by atoms with Crippen LogP contribution in [0.5, 0.6) is 0 Å². The molecule has 0 aromatic heterocycles. The monoisotopic (exact) mass is 394 g/mol. The first-order valence-corrected chi connectivity index (χ1v) is 10.3. The van der Waals surface area contributed by atoms with Gasteiger partial charge in [0.15, 0.2) is 17.4 Å². The van der Waals surface area contributed by atoms with Gasteiger partial charge in [-0.1, -0.05) is 18.9 Å². The average molecular weight is 394 g/mol. The van der Waals surface area contributed by atoms with Gasteiger partial charge in [-0.25, -0.2) is 8.78 Å². The number of amides is 1. The van der Waals surface area contributed by atoms with Crippen LogP contribution in [0, 0.1) is 17.6 Å². The third kappa shape index (κ3) is 4.36. The summed E-state index contributed by atoms with van der Waals surface area (Å²) in [6.45, 7) is 3.81. The molecule has 0 bridgehead atoms. The standard InChI is InChI=1S/C21H28F2N2O3/c22-18-7-6-16(12-19(18)23)13-24-8-3-10-27-21(14-24)15-25(9-11-28-21)20(26)17-4-1-2-5-17/h6-7,12,17H,1-5,8-11,13-15H2. The Kier molecular flexibility index (Phi) is 5.94. The first-order valence-electron chi connectivity index (χ1n) is 10.3. The molecule has 1 spiro atoms. The molecule has 7 heteroatoms. The molecule has 1 aliphatic carbocycles. The van der Waals surface area contributed by atoms with Crippen molar-refractivity contribution in [3.05, 3.63) is 35.4 Å². The molecule has 0 N–H and O–H groups in total. The van der Waals surface area contributed by atoms with Crippen LogP contribution in [-0.2, 0) is 20.8 Å². The van der Waals surface area contributed by atoms with Crippen LogP contribution in [0.25, 0.3) is 0 Å². The predicted octanol–water partition coefficient (Wildman–Crippen LogP) is 2.93. The van der Waals surface area contributed by atoms with E-state index in [9.17, 15) is 13.6 Å². The van der Waals surface area contributed by atoms with Gasteiger partial charge in [-0.3, -0.25) is 9.69 Å². The molecule has 5 nitrogen and oxygen atoms in total. The van der Waals surface area contributed by atoms with E-state index in [1.807, 2.05) is 4.90 Å². The van der Waals surface area contributed by atoms with Gasteiger partial charge in [0.05, 0.1) is 26.3 Å². The summed E-state index contributed by atoms with van der Waals surface area (Å²) in [6.07, 6.45) is 5.04. The van der Waals surface area contributed by atoms with E-state index < -0.39 is 17.4 Å². The fraction of sp³-hybridized carbons (Fsp3) is 0.667. The fourth-order valence-electron chi connectivity index (χ4n) is 4.60. The van der Waals surface area contributed by atoms with Gasteiger partial charge in [0, 0.05) is 25.6 Å². The highest BCUT2D eigenvalue weighted by atomic mass is 19.2. The quantitative estimate of drug-likeness (QED) is 0.791. The van der Waals surface area contributed by atoms with Crippen LogP contribution >= 0.6 is 0 Å². The zero-order valence-corrected chi connectivity index (χ0v) is 16.2. The number of ether oxygens (including phenoxy) is 2. The summed E-state index contributed by atoms with van der Waals surface area (Å²) in [6, 6.07) is 4.01. The zero-order chi connectivity index (χ0) is 19.6. The highest BCUT2D eigenvalue weighted by Gasteiger charge is 2.43. The molecule has 1 amide bonds. The number of nitrogens with zero attached hydrogens (tertiary/aromatic N) is 2. The number of carbonyl (C=O) groups excluding carboxylic acids is 1. The van der Waals surface area contributed by atoms with Crippen LogP contribution in [0.2, 0.25) is 0 Å². The molecule has 0 radical (unpaired) electrons. The van der Waals surface area contributed by atoms with E-state index in [1.165, 1.54) is 6.07 Å². The van der Waals surface area contributed by atoms with Crippen molar-refractivity contribution in [1.82, 2.24) is 9.80 Å². The van der Waals surface area contributed by atoms with Crippen molar-refractivity contribution >= 4 is 5.91 Å². The number of rotatable bonds is 3. The molecular weight excluding hydrogens is 366 g/mol. The molecule has 2 heterocycles. The van der Waals surface area contributed by atoms with Crippen LogP contribution in [0.4, 0.5) is 8.78 Å². The maximum absolute atomic E-state index is 13.6. The van der Waals surface area contributed by atoms with E-state index >= 15 is 0 Å². The second-order valence-corrected chi connectivity index (χ2v) is 8.16. The topological polar surface area (TPSA) is 42.0 Å². The number of benzene rings is 1. The van der Waals surface area contributed by atoms with E-state index in [0.717, 1.165) is 44.7 Å². The van der Waals surface area contributed by atoms with Gasteiger partial charge in [0.25, 0.3) is 0 Å². The minimum absolute atomic E-state index is 0.138. The Balaban J connectivity index is 1.44. The molecule has 2 aliphatic heterocycles. The number of hydrogen-bond acceptors (Lipinski definition) is 4. The SMILES string of the molecule is O=C(C1CCCC1)N1CCOC2(CN(Cc3ccc(F)c(F)c3)CCCO2)C1. The predicted molar refractivity (Wildman–Crippen MR) is 99.4 cm³/mol. The summed E-state index contributed by atoms with van der Waals surface area (Å²) in [5.74, 6) is -2.15. The number of carbonyl (C=O) groups is 1. The molecule has 154 valence electrons. The van der Waals surface area contributed by atoms with Crippen LogP contribution in [0.1, 0.15) is 37.7 Å². The number of halogens is 2. The van der Waals surface area contributed by atoms with Gasteiger partial charge < -0.3 is 14.4 Å². The summed E-state index contributed by atoms with van der Waals surface area (Å²) in [4.78, 5) is 16.9. The van der Waals surface area contributed by atoms with E-state index in [0.29, 0.717) is 45.0 Å². The molecule has 28 heavy (non-hydrogen) atoms. The van der Waals surface area contributed by atoms with Crippen molar-refractivity contribution in [3.8, 4) is 0 Å².